The molecule has 0 amide bonds. The standard InChI is InChI=1S/C16H12BrClN2O/c17-13-7-5-11(6-8-13)15-9-16(21-20-15)19-10-12-3-1-2-4-14(12)18/h1-9,19H,10H2. The second kappa shape index (κ2) is 6.33. The van der Waals surface area contributed by atoms with E-state index < -0.39 is 0 Å². The van der Waals surface area contributed by atoms with E-state index in [1.807, 2.05) is 54.6 Å². The van der Waals surface area contributed by atoms with Gasteiger partial charge in [0.1, 0.15) is 5.69 Å². The Morgan fingerprint density at radius 1 is 1.10 bits per heavy atom. The lowest BCUT2D eigenvalue weighted by Crippen LogP contribution is -1.98. The van der Waals surface area contributed by atoms with Crippen LogP contribution in [0, 0.1) is 0 Å². The first-order chi connectivity index (χ1) is 10.2. The molecule has 0 aliphatic rings. The molecule has 106 valence electrons. The zero-order valence-electron chi connectivity index (χ0n) is 11.0. The van der Waals surface area contributed by atoms with Gasteiger partial charge in [0.2, 0.25) is 5.88 Å². The number of hydrogen-bond acceptors (Lipinski definition) is 3. The van der Waals surface area contributed by atoms with E-state index in [4.69, 9.17) is 16.1 Å². The quantitative estimate of drug-likeness (QED) is 0.677. The number of nitrogens with one attached hydrogen (secondary N) is 1. The van der Waals surface area contributed by atoms with Crippen LogP contribution in [0.5, 0.6) is 0 Å². The van der Waals surface area contributed by atoms with E-state index in [0.717, 1.165) is 26.3 Å². The largest absolute Gasteiger partial charge is 0.350 e. The minimum absolute atomic E-state index is 0.592. The monoisotopic (exact) mass is 362 g/mol. The van der Waals surface area contributed by atoms with Gasteiger partial charge in [-0.1, -0.05) is 63.0 Å². The second-order valence-electron chi connectivity index (χ2n) is 4.53. The molecule has 3 rings (SSSR count). The molecule has 0 radical (unpaired) electrons. The van der Waals surface area contributed by atoms with Gasteiger partial charge in [0, 0.05) is 27.7 Å². The summed E-state index contributed by atoms with van der Waals surface area (Å²) in [5.41, 5.74) is 2.82. The van der Waals surface area contributed by atoms with E-state index in [1.54, 1.807) is 0 Å². The van der Waals surface area contributed by atoms with Crippen molar-refractivity contribution < 1.29 is 4.52 Å². The van der Waals surface area contributed by atoms with Crippen molar-refractivity contribution in [1.29, 1.82) is 0 Å². The van der Waals surface area contributed by atoms with Crippen LogP contribution in [0.25, 0.3) is 11.3 Å². The van der Waals surface area contributed by atoms with Gasteiger partial charge in [0.25, 0.3) is 0 Å². The molecule has 0 fully saturated rings. The molecule has 0 atom stereocenters. The molecular formula is C16H12BrClN2O. The molecule has 0 unspecified atom stereocenters. The molecule has 0 aliphatic carbocycles. The molecule has 0 aliphatic heterocycles. The number of hydrogen-bond donors (Lipinski definition) is 1. The first-order valence-electron chi connectivity index (χ1n) is 6.42. The van der Waals surface area contributed by atoms with Crippen molar-refractivity contribution in [1.82, 2.24) is 5.16 Å². The minimum Gasteiger partial charge on any atom is -0.350 e. The van der Waals surface area contributed by atoms with Gasteiger partial charge in [-0.05, 0) is 23.8 Å². The summed E-state index contributed by atoms with van der Waals surface area (Å²) in [6.07, 6.45) is 0. The van der Waals surface area contributed by atoms with Gasteiger partial charge in [-0.2, -0.15) is 0 Å². The van der Waals surface area contributed by atoms with Crippen LogP contribution in [0.4, 0.5) is 5.88 Å². The van der Waals surface area contributed by atoms with E-state index in [2.05, 4.69) is 26.4 Å². The Kier molecular flexibility index (Phi) is 4.27. The van der Waals surface area contributed by atoms with Gasteiger partial charge in [0.15, 0.2) is 0 Å². The van der Waals surface area contributed by atoms with Gasteiger partial charge in [-0.25, -0.2) is 0 Å². The number of aromatic nitrogens is 1. The van der Waals surface area contributed by atoms with Crippen LogP contribution < -0.4 is 5.32 Å². The van der Waals surface area contributed by atoms with E-state index in [9.17, 15) is 0 Å². The van der Waals surface area contributed by atoms with Crippen molar-refractivity contribution in [2.24, 2.45) is 0 Å². The van der Waals surface area contributed by atoms with Crippen molar-refractivity contribution in [3.05, 3.63) is 69.7 Å². The molecule has 0 saturated heterocycles. The first kappa shape index (κ1) is 14.2. The van der Waals surface area contributed by atoms with Gasteiger partial charge >= 0.3 is 0 Å². The fraction of sp³-hybridized carbons (Fsp3) is 0.0625. The Bertz CT molecular complexity index is 740. The zero-order valence-corrected chi connectivity index (χ0v) is 13.4. The molecule has 2 aromatic carbocycles. The number of benzene rings is 2. The number of halogens is 2. The van der Waals surface area contributed by atoms with Crippen molar-refractivity contribution in [2.45, 2.75) is 6.54 Å². The normalized spacial score (nSPS) is 10.6. The third kappa shape index (κ3) is 3.46. The van der Waals surface area contributed by atoms with Crippen LogP contribution in [0.1, 0.15) is 5.56 Å². The van der Waals surface area contributed by atoms with Gasteiger partial charge in [-0.3, -0.25) is 0 Å². The van der Waals surface area contributed by atoms with Crippen LogP contribution >= 0.6 is 27.5 Å². The summed E-state index contributed by atoms with van der Waals surface area (Å²) in [6, 6.07) is 17.5. The summed E-state index contributed by atoms with van der Waals surface area (Å²) in [5, 5.41) is 7.98. The summed E-state index contributed by atoms with van der Waals surface area (Å²) >= 11 is 9.53. The van der Waals surface area contributed by atoms with Crippen molar-refractivity contribution in [3.63, 3.8) is 0 Å². The highest BCUT2D eigenvalue weighted by atomic mass is 79.9. The predicted molar refractivity (Wildman–Crippen MR) is 88.4 cm³/mol. The van der Waals surface area contributed by atoms with Crippen LogP contribution in [0.2, 0.25) is 5.02 Å². The van der Waals surface area contributed by atoms with Gasteiger partial charge in [0.05, 0.1) is 0 Å². The van der Waals surface area contributed by atoms with Crippen LogP contribution in [0.3, 0.4) is 0 Å². The lowest BCUT2D eigenvalue weighted by atomic mass is 10.1. The molecule has 21 heavy (non-hydrogen) atoms. The molecule has 3 nitrogen and oxygen atoms in total. The smallest absolute Gasteiger partial charge is 0.225 e. The molecule has 3 aromatic rings. The van der Waals surface area contributed by atoms with Crippen molar-refractivity contribution >= 4 is 33.4 Å². The Labute approximate surface area is 136 Å². The zero-order chi connectivity index (χ0) is 14.7. The molecule has 1 heterocycles. The van der Waals surface area contributed by atoms with Crippen molar-refractivity contribution in [2.75, 3.05) is 5.32 Å². The molecule has 0 spiro atoms. The lowest BCUT2D eigenvalue weighted by Gasteiger charge is -2.03. The Balaban J connectivity index is 1.71. The molecule has 0 saturated carbocycles. The number of rotatable bonds is 4. The molecule has 1 aromatic heterocycles. The van der Waals surface area contributed by atoms with Gasteiger partial charge in [-0.15, -0.1) is 0 Å². The Morgan fingerprint density at radius 3 is 2.62 bits per heavy atom. The highest BCUT2D eigenvalue weighted by molar-refractivity contribution is 9.10. The molecular weight excluding hydrogens is 352 g/mol. The van der Waals surface area contributed by atoms with E-state index >= 15 is 0 Å². The lowest BCUT2D eigenvalue weighted by molar-refractivity contribution is 0.434. The van der Waals surface area contributed by atoms with Gasteiger partial charge < -0.3 is 9.84 Å². The summed E-state index contributed by atoms with van der Waals surface area (Å²) in [5.74, 6) is 0.618. The summed E-state index contributed by atoms with van der Waals surface area (Å²) in [6.45, 7) is 0.592. The molecule has 1 N–H and O–H groups in total. The number of nitrogens with zero attached hydrogens (tertiary/aromatic N) is 1. The number of anilines is 1. The van der Waals surface area contributed by atoms with Crippen LogP contribution in [-0.4, -0.2) is 5.16 Å². The fourth-order valence-corrected chi connectivity index (χ4v) is 2.41. The van der Waals surface area contributed by atoms with Crippen molar-refractivity contribution in [3.8, 4) is 11.3 Å². The van der Waals surface area contributed by atoms with E-state index in [-0.39, 0.29) is 0 Å². The maximum absolute atomic E-state index is 6.12. The fourth-order valence-electron chi connectivity index (χ4n) is 1.94. The minimum atomic E-state index is 0.592. The highest BCUT2D eigenvalue weighted by Crippen LogP contribution is 2.24. The maximum atomic E-state index is 6.12. The topological polar surface area (TPSA) is 38.1 Å². The summed E-state index contributed by atoms with van der Waals surface area (Å²) in [4.78, 5) is 0. The maximum Gasteiger partial charge on any atom is 0.225 e. The summed E-state index contributed by atoms with van der Waals surface area (Å²) in [7, 11) is 0. The van der Waals surface area contributed by atoms with Crippen LogP contribution in [-0.2, 0) is 6.54 Å². The SMILES string of the molecule is Clc1ccccc1CNc1cc(-c2ccc(Br)cc2)no1. The first-order valence-corrected chi connectivity index (χ1v) is 7.59. The second-order valence-corrected chi connectivity index (χ2v) is 5.85. The van der Waals surface area contributed by atoms with E-state index in [0.29, 0.717) is 12.4 Å². The highest BCUT2D eigenvalue weighted by Gasteiger charge is 2.07. The summed E-state index contributed by atoms with van der Waals surface area (Å²) < 4.78 is 6.33. The molecule has 0 bridgehead atoms. The third-order valence-corrected chi connectivity index (χ3v) is 3.96. The van der Waals surface area contributed by atoms with Crippen LogP contribution in [0.15, 0.2) is 63.6 Å². The Morgan fingerprint density at radius 2 is 1.86 bits per heavy atom. The average Bonchev–Trinajstić information content (AvgIpc) is 2.96. The average molecular weight is 364 g/mol. The third-order valence-electron chi connectivity index (χ3n) is 3.06. The van der Waals surface area contributed by atoms with E-state index in [1.165, 1.54) is 0 Å². The Hall–Kier alpha value is -1.78. The predicted octanol–water partition coefficient (Wildman–Crippen LogP) is 5.37. The molecule has 5 heteroatoms.